The van der Waals surface area contributed by atoms with Gasteiger partial charge in [0.15, 0.2) is 34.6 Å². The summed E-state index contributed by atoms with van der Waals surface area (Å²) in [6.07, 6.45) is 7.79. The number of carbonyl (C=O) groups is 10. The van der Waals surface area contributed by atoms with Crippen molar-refractivity contribution in [2.75, 3.05) is 48.9 Å². The number of ether oxygens (including phenoxy) is 5. The van der Waals surface area contributed by atoms with Crippen molar-refractivity contribution < 1.29 is 81.8 Å². The van der Waals surface area contributed by atoms with Gasteiger partial charge in [-0.2, -0.15) is 0 Å². The number of benzene rings is 6. The number of aliphatic hydroxyl groups excluding tert-OH is 1. The summed E-state index contributed by atoms with van der Waals surface area (Å²) in [4.78, 5) is 128. The first-order valence-electron chi connectivity index (χ1n) is 35.3. The first-order chi connectivity index (χ1) is 50.4. The Labute approximate surface area is 622 Å². The number of phenolic OH excluding ortho intramolecular Hbond substituents is 1. The lowest BCUT2D eigenvalue weighted by molar-refractivity contribution is -0.141. The highest BCUT2D eigenvalue weighted by molar-refractivity contribution is 6.17. The van der Waals surface area contributed by atoms with Gasteiger partial charge in [0.25, 0.3) is 11.8 Å². The Morgan fingerprint density at radius 3 is 1.38 bits per heavy atom. The Bertz CT molecular complexity index is 4140. The zero-order valence-electron chi connectivity index (χ0n) is 60.7. The summed E-state index contributed by atoms with van der Waals surface area (Å²) in [7, 11) is 5.67. The maximum Gasteiger partial charge on any atom is 0.305 e. The summed E-state index contributed by atoms with van der Waals surface area (Å²) >= 11 is 12.1. The molecule has 6 aromatic rings. The molecule has 6 amide bonds. The van der Waals surface area contributed by atoms with E-state index in [0.29, 0.717) is 71.0 Å². The zero-order chi connectivity index (χ0) is 76.0. The summed E-state index contributed by atoms with van der Waals surface area (Å²) < 4.78 is 26.2. The second kappa shape index (κ2) is 38.8. The minimum Gasteiger partial charge on any atom is -0.504 e. The van der Waals surface area contributed by atoms with E-state index in [0.717, 1.165) is 77.7 Å². The van der Waals surface area contributed by atoms with E-state index in [-0.39, 0.29) is 140 Å². The van der Waals surface area contributed by atoms with Crippen molar-refractivity contribution in [2.24, 2.45) is 11.8 Å². The predicted octanol–water partition coefficient (Wildman–Crippen LogP) is 11.9. The normalized spacial score (nSPS) is 15.5. The number of nitrogens with one attached hydrogen (secondary N) is 4. The molecule has 10 rings (SSSR count). The molecule has 560 valence electrons. The highest BCUT2D eigenvalue weighted by Crippen LogP contribution is 2.43. The number of phenols is 1. The first kappa shape index (κ1) is 80.8. The van der Waals surface area contributed by atoms with Crippen LogP contribution in [0.3, 0.4) is 0 Å². The fraction of sp³-hybridized carbons (Fsp3) is 0.425. The molecule has 6 aromatic carbocycles. The van der Waals surface area contributed by atoms with Crippen molar-refractivity contribution in [3.63, 3.8) is 0 Å². The molecular formula is C80H94Cl2N6O17. The number of halogens is 2. The minimum atomic E-state index is -0.761. The number of hydrogen-bond acceptors (Lipinski definition) is 17. The molecule has 0 fully saturated rings. The van der Waals surface area contributed by atoms with E-state index in [1.807, 2.05) is 58.3 Å². The largest absolute Gasteiger partial charge is 0.504 e. The highest BCUT2D eigenvalue weighted by Gasteiger charge is 2.39. The fourth-order valence-corrected chi connectivity index (χ4v) is 13.5. The molecular weight excluding hydrogens is 1390 g/mol. The van der Waals surface area contributed by atoms with E-state index in [1.165, 1.54) is 32.5 Å². The van der Waals surface area contributed by atoms with Gasteiger partial charge in [0.1, 0.15) is 6.61 Å². The number of anilines is 4. The van der Waals surface area contributed by atoms with Crippen LogP contribution in [0.15, 0.2) is 109 Å². The number of Topliss-reactive ketones (excluding diaryl/α,β-unsaturated/α-hetero) is 2. The van der Waals surface area contributed by atoms with Gasteiger partial charge in [-0.25, -0.2) is 0 Å². The standard InChI is InChI=1S/C40H46ClN3O8.C22H31ClN2O6.C18H17NO3/c1-24(15-34(45)25(2)42-37(46)11-7-8-12-38(47)51-4)39(48)43-30-17-26(22-41)16-27(18-30)23-52-36-20-28-13-14-31-19-29-9-5-6-10-33(29)44(31)40(49)32(28)21-35(36)50-3;1-14(22(30)25-18-10-16(12-23)9-17(11-18)13-26)8-19(27)15(2)24-20(28)6-4-5-7-21(29)31-3;1-22-17-10-14-11(9-16(17)20)6-7-13-8-12-4-2-3-5-15(12)19(13)18(14)21/h5-6,9-10,16-18,20-21,24-25,31H,7-8,11-15,19,22-23H2,1-4H3,(H,42,46)(H,43,48);9-11,14-15,26H,4-8,12-13H2,1-3H3,(H,24,28)(H,25,30);2-5,9-10,13,20H,6-8H2,1H3/t24-,25+,31-;14-,15+;13-/m111/s1. The average Bonchev–Trinajstić information content (AvgIpc) is 1.63. The number of aryl methyl sites for hydroxylation is 2. The average molecular weight is 1480 g/mol. The van der Waals surface area contributed by atoms with Gasteiger partial charge in [-0.3, -0.25) is 47.9 Å². The summed E-state index contributed by atoms with van der Waals surface area (Å²) in [5.74, 6) is -1.91. The molecule has 105 heavy (non-hydrogen) atoms. The quantitative estimate of drug-likeness (QED) is 0.0139. The smallest absolute Gasteiger partial charge is 0.305 e. The monoisotopic (exact) mass is 1480 g/mol. The minimum absolute atomic E-state index is 0.000694. The van der Waals surface area contributed by atoms with Crippen LogP contribution in [0.1, 0.15) is 170 Å². The second-order valence-corrected chi connectivity index (χ2v) is 27.3. The molecule has 0 aromatic heterocycles. The van der Waals surface area contributed by atoms with Gasteiger partial charge >= 0.3 is 11.9 Å². The third-order valence-corrected chi connectivity index (χ3v) is 19.6. The Kier molecular flexibility index (Phi) is 29.9. The Morgan fingerprint density at radius 1 is 0.514 bits per heavy atom. The number of rotatable bonds is 30. The number of alkyl halides is 2. The number of aromatic hydroxyl groups is 1. The Hall–Kier alpha value is -9.84. The van der Waals surface area contributed by atoms with Crippen molar-refractivity contribution >= 4 is 105 Å². The van der Waals surface area contributed by atoms with Crippen molar-refractivity contribution in [3.05, 3.63) is 165 Å². The van der Waals surface area contributed by atoms with Crippen LogP contribution in [0, 0.1) is 11.8 Å². The van der Waals surface area contributed by atoms with Crippen LogP contribution < -0.4 is 45.3 Å². The molecule has 4 heterocycles. The van der Waals surface area contributed by atoms with Crippen molar-refractivity contribution in [2.45, 2.75) is 180 Å². The van der Waals surface area contributed by atoms with Crippen molar-refractivity contribution in [3.8, 4) is 23.0 Å². The SMILES string of the molecule is COC(=O)CCCCC(=O)N[C@@H](C)C(=O)C[C@@H](C)C(=O)Nc1cc(CCl)cc(COc2cc3c(cc2OC)C(=O)N2c4ccccc4C[C@H]2CC3)c1.COC(=O)CCCCC(=O)N[C@@H](C)C(=O)C[C@@H](C)C(=O)Nc1cc(CO)cc(CCl)c1.COc1cc2c(cc1O)CC[C@@H]1Cc3ccccc3N1C2=O. The Morgan fingerprint density at radius 2 is 0.933 bits per heavy atom. The maximum atomic E-state index is 13.8. The second-order valence-electron chi connectivity index (χ2n) is 26.8. The topological polar surface area (TPSA) is 312 Å². The molecule has 4 aliphatic rings. The van der Waals surface area contributed by atoms with Crippen LogP contribution in [0.25, 0.3) is 0 Å². The number of hydrogen-bond donors (Lipinski definition) is 6. The molecule has 0 bridgehead atoms. The number of fused-ring (bicyclic) bond motifs is 8. The molecule has 0 unspecified atom stereocenters. The van der Waals surface area contributed by atoms with E-state index in [2.05, 4.69) is 42.9 Å². The first-order valence-corrected chi connectivity index (χ1v) is 36.4. The number of para-hydroxylation sites is 2. The molecule has 0 aliphatic carbocycles. The van der Waals surface area contributed by atoms with Crippen LogP contribution in [0.2, 0.25) is 0 Å². The van der Waals surface area contributed by atoms with E-state index < -0.39 is 23.9 Å². The van der Waals surface area contributed by atoms with Gasteiger partial charge < -0.3 is 65.0 Å². The summed E-state index contributed by atoms with van der Waals surface area (Å²) in [6, 6.07) is 32.5. The molecule has 25 heteroatoms. The van der Waals surface area contributed by atoms with Crippen molar-refractivity contribution in [1.29, 1.82) is 0 Å². The molecule has 4 aliphatic heterocycles. The van der Waals surface area contributed by atoms with E-state index >= 15 is 0 Å². The summed E-state index contributed by atoms with van der Waals surface area (Å²) in [6.45, 7) is 6.43. The number of ketones is 2. The molecule has 0 saturated carbocycles. The van der Waals surface area contributed by atoms with Crippen LogP contribution in [0.4, 0.5) is 22.7 Å². The van der Waals surface area contributed by atoms with E-state index in [1.54, 1.807) is 83.3 Å². The lowest BCUT2D eigenvalue weighted by atomic mass is 9.99. The molecule has 6 atom stereocenters. The predicted molar refractivity (Wildman–Crippen MR) is 399 cm³/mol. The molecule has 23 nitrogen and oxygen atoms in total. The molecule has 0 spiro atoms. The number of esters is 2. The van der Waals surface area contributed by atoms with Gasteiger partial charge in [-0.05, 0) is 183 Å². The van der Waals surface area contributed by atoms with Gasteiger partial charge in [0, 0.05) is 108 Å². The van der Waals surface area contributed by atoms with Crippen molar-refractivity contribution in [1.82, 2.24) is 10.6 Å². The van der Waals surface area contributed by atoms with E-state index in [4.69, 9.17) is 37.4 Å². The van der Waals surface area contributed by atoms with Gasteiger partial charge in [0.2, 0.25) is 23.6 Å². The number of methoxy groups -OCH3 is 4. The number of unbranched alkanes of at least 4 members (excludes halogenated alkanes) is 2. The van der Waals surface area contributed by atoms with Crippen LogP contribution in [-0.2, 0) is 98.5 Å². The molecule has 0 radical (unpaired) electrons. The summed E-state index contributed by atoms with van der Waals surface area (Å²) in [5.41, 5.74) is 11.4. The number of aliphatic hydroxyl groups is 1. The molecule has 0 saturated heterocycles. The summed E-state index contributed by atoms with van der Waals surface area (Å²) in [5, 5.41) is 30.2. The number of amides is 6. The lowest BCUT2D eigenvalue weighted by Gasteiger charge is -2.23. The maximum absolute atomic E-state index is 13.8. The highest BCUT2D eigenvalue weighted by atomic mass is 35.5. The van der Waals surface area contributed by atoms with Crippen LogP contribution >= 0.6 is 23.2 Å². The lowest BCUT2D eigenvalue weighted by Crippen LogP contribution is -2.39. The van der Waals surface area contributed by atoms with Gasteiger partial charge in [0.05, 0.1) is 47.1 Å². The third-order valence-electron chi connectivity index (χ3n) is 19.0. The van der Waals surface area contributed by atoms with Gasteiger partial charge in [-0.1, -0.05) is 62.4 Å². The van der Waals surface area contributed by atoms with E-state index in [9.17, 15) is 58.2 Å². The fourth-order valence-electron chi connectivity index (χ4n) is 13.2. The van der Waals surface area contributed by atoms with Gasteiger partial charge in [-0.15, -0.1) is 23.2 Å². The number of nitrogens with zero attached hydrogens (tertiary/aromatic N) is 2. The zero-order valence-corrected chi connectivity index (χ0v) is 62.2. The van der Waals surface area contributed by atoms with Crippen LogP contribution in [-0.4, -0.2) is 122 Å². The Balaban J connectivity index is 0.000000221. The number of carbonyl (C=O) groups excluding carboxylic acids is 10. The third kappa shape index (κ3) is 21.9. The molecule has 6 N–H and O–H groups in total. The van der Waals surface area contributed by atoms with Crippen LogP contribution in [0.5, 0.6) is 23.0 Å².